The third-order valence-corrected chi connectivity index (χ3v) is 8.78. The molecule has 0 heterocycles. The molecular weight excluding hydrogens is 810 g/mol. The Bertz CT molecular complexity index is 1890. The van der Waals surface area contributed by atoms with E-state index in [1.807, 2.05) is 6.07 Å². The Morgan fingerprint density at radius 1 is 0.589 bits per heavy atom. The molecule has 0 bridgehead atoms. The number of ether oxygens (including phenoxy) is 4. The van der Waals surface area contributed by atoms with Gasteiger partial charge in [-0.05, 0) is 61.4 Å². The van der Waals surface area contributed by atoms with Gasteiger partial charge in [-0.15, -0.1) is 0 Å². The lowest BCUT2D eigenvalue weighted by Gasteiger charge is -2.14. The van der Waals surface area contributed by atoms with Crippen molar-refractivity contribution >= 4 is 93.0 Å². The summed E-state index contributed by atoms with van der Waals surface area (Å²) in [6, 6.07) is 24.6. The molecule has 0 saturated heterocycles. The number of halogens is 4. The maximum Gasteiger partial charge on any atom is 0.344 e. The van der Waals surface area contributed by atoms with Gasteiger partial charge in [0.25, 0.3) is 0 Å². The summed E-state index contributed by atoms with van der Waals surface area (Å²) >= 11 is 24.7. The van der Waals surface area contributed by atoms with Gasteiger partial charge in [-0.2, -0.15) is 0 Å². The van der Waals surface area contributed by atoms with Gasteiger partial charge in [-0.3, -0.25) is 9.59 Å². The summed E-state index contributed by atoms with van der Waals surface area (Å²) in [5, 5.41) is 26.0. The first-order valence-corrected chi connectivity index (χ1v) is 18.8. The van der Waals surface area contributed by atoms with Crippen molar-refractivity contribution in [3.05, 3.63) is 116 Å². The lowest BCUT2D eigenvalue weighted by atomic mass is 10.1. The summed E-state index contributed by atoms with van der Waals surface area (Å²) in [6.45, 7) is 2.25. The molecule has 4 N–H and O–H groups in total. The molecule has 4 rings (SSSR count). The predicted molar refractivity (Wildman–Crippen MR) is 216 cm³/mol. The van der Waals surface area contributed by atoms with Crippen LogP contribution in [0.4, 0.5) is 22.7 Å². The maximum atomic E-state index is 12.1. The molecule has 300 valence electrons. The molecule has 4 aromatic rings. The average molecular weight is 853 g/mol. The summed E-state index contributed by atoms with van der Waals surface area (Å²) in [4.78, 5) is 47.4. The number of para-hydroxylation sites is 4. The SMILES string of the molecule is CC(CCO)OC(=O)COC(=O)Cc1ccccc1Nc1c(Cl)cccc1Cl.CC(O)CCOC(=O)COC(=O)Cc1ccccc1Nc1c(Cl)cccc1Cl. The van der Waals surface area contributed by atoms with Crippen LogP contribution in [0.3, 0.4) is 0 Å². The number of aliphatic hydroxyl groups excluding tert-OH is 2. The van der Waals surface area contributed by atoms with Crippen molar-refractivity contribution in [2.45, 2.75) is 51.7 Å². The van der Waals surface area contributed by atoms with Crippen LogP contribution < -0.4 is 10.6 Å². The van der Waals surface area contributed by atoms with Gasteiger partial charge in [0.05, 0.1) is 57.0 Å². The zero-order chi connectivity index (χ0) is 41.0. The van der Waals surface area contributed by atoms with Crippen LogP contribution in [0.5, 0.6) is 0 Å². The van der Waals surface area contributed by atoms with Crippen LogP contribution in [0.25, 0.3) is 0 Å². The molecule has 0 saturated carbocycles. The highest BCUT2D eigenvalue weighted by molar-refractivity contribution is 6.39. The molecule has 0 fully saturated rings. The van der Waals surface area contributed by atoms with E-state index in [4.69, 9.17) is 75.6 Å². The monoisotopic (exact) mass is 850 g/mol. The number of hydrogen-bond donors (Lipinski definition) is 4. The summed E-state index contributed by atoms with van der Waals surface area (Å²) < 4.78 is 19.8. The molecule has 2 atom stereocenters. The van der Waals surface area contributed by atoms with E-state index in [0.29, 0.717) is 66.8 Å². The van der Waals surface area contributed by atoms with Gasteiger partial charge < -0.3 is 39.8 Å². The van der Waals surface area contributed by atoms with E-state index in [1.54, 1.807) is 92.7 Å². The topological polar surface area (TPSA) is 170 Å². The fourth-order valence-corrected chi connectivity index (χ4v) is 5.66. The minimum absolute atomic E-state index is 0.0494. The van der Waals surface area contributed by atoms with Crippen molar-refractivity contribution in [3.8, 4) is 0 Å². The summed E-state index contributed by atoms with van der Waals surface area (Å²) in [6.07, 6.45) is -0.462. The fraction of sp³-hybridized carbons (Fsp3) is 0.300. The molecule has 12 nitrogen and oxygen atoms in total. The van der Waals surface area contributed by atoms with Gasteiger partial charge in [0.2, 0.25) is 0 Å². The molecular formula is C40H42Cl4N2O10. The number of anilines is 4. The predicted octanol–water partition coefficient (Wildman–Crippen LogP) is 8.27. The van der Waals surface area contributed by atoms with Crippen LogP contribution in [-0.4, -0.2) is 72.7 Å². The molecule has 16 heteroatoms. The van der Waals surface area contributed by atoms with E-state index in [-0.39, 0.29) is 26.1 Å². The summed E-state index contributed by atoms with van der Waals surface area (Å²) in [5.41, 5.74) is 3.68. The number of rotatable bonds is 18. The molecule has 0 spiro atoms. The third-order valence-electron chi connectivity index (χ3n) is 7.52. The van der Waals surface area contributed by atoms with Crippen molar-refractivity contribution < 1.29 is 48.3 Å². The molecule has 0 aliphatic heterocycles. The first-order chi connectivity index (χ1) is 26.8. The number of aliphatic hydroxyl groups is 2. The summed E-state index contributed by atoms with van der Waals surface area (Å²) in [7, 11) is 0. The first kappa shape index (κ1) is 45.8. The maximum absolute atomic E-state index is 12.1. The Morgan fingerprint density at radius 3 is 1.45 bits per heavy atom. The summed E-state index contributed by atoms with van der Waals surface area (Å²) in [5.74, 6) is -2.48. The highest BCUT2D eigenvalue weighted by Gasteiger charge is 2.16. The average Bonchev–Trinajstić information content (AvgIpc) is 3.14. The van der Waals surface area contributed by atoms with Crippen LogP contribution >= 0.6 is 46.4 Å². The van der Waals surface area contributed by atoms with Gasteiger partial charge >= 0.3 is 23.9 Å². The fourth-order valence-electron chi connectivity index (χ4n) is 4.67. The smallest absolute Gasteiger partial charge is 0.344 e. The van der Waals surface area contributed by atoms with E-state index >= 15 is 0 Å². The van der Waals surface area contributed by atoms with E-state index in [9.17, 15) is 19.2 Å². The van der Waals surface area contributed by atoms with E-state index in [2.05, 4.69) is 10.6 Å². The Hall–Kier alpha value is -4.56. The zero-order valence-electron chi connectivity index (χ0n) is 30.6. The number of benzene rings is 4. The molecule has 0 radical (unpaired) electrons. The minimum atomic E-state index is -0.664. The van der Waals surface area contributed by atoms with Crippen LogP contribution in [0, 0.1) is 0 Å². The number of hydrogen-bond acceptors (Lipinski definition) is 12. The van der Waals surface area contributed by atoms with Gasteiger partial charge in [-0.25, -0.2) is 9.59 Å². The van der Waals surface area contributed by atoms with Gasteiger partial charge in [0.1, 0.15) is 6.10 Å². The van der Waals surface area contributed by atoms with Gasteiger partial charge in [0, 0.05) is 30.8 Å². The molecule has 56 heavy (non-hydrogen) atoms. The van der Waals surface area contributed by atoms with E-state index in [0.717, 1.165) is 0 Å². The van der Waals surface area contributed by atoms with Gasteiger partial charge in [-0.1, -0.05) is 94.9 Å². The quantitative estimate of drug-likeness (QED) is 0.0559. The van der Waals surface area contributed by atoms with Crippen molar-refractivity contribution in [3.63, 3.8) is 0 Å². The van der Waals surface area contributed by atoms with E-state index < -0.39 is 49.3 Å². The van der Waals surface area contributed by atoms with Crippen molar-refractivity contribution in [2.24, 2.45) is 0 Å². The van der Waals surface area contributed by atoms with Crippen LogP contribution in [0.2, 0.25) is 20.1 Å². The molecule has 2 unspecified atom stereocenters. The Morgan fingerprint density at radius 2 is 1.02 bits per heavy atom. The van der Waals surface area contributed by atoms with Crippen LogP contribution in [0.1, 0.15) is 37.8 Å². The second kappa shape index (κ2) is 24.2. The minimum Gasteiger partial charge on any atom is -0.463 e. The third kappa shape index (κ3) is 16.3. The lowest BCUT2D eigenvalue weighted by molar-refractivity contribution is -0.161. The molecule has 4 aromatic carbocycles. The standard InChI is InChI=1S/2C20H21Cl2NO5/c1-13(24)9-10-27-19(26)12-28-18(25)11-14-5-2-3-8-17(14)23-20-15(21)6-4-7-16(20)22;1-13(9-10-24)28-19(26)12-27-18(25)11-14-5-2-3-8-17(14)23-20-15(21)6-4-7-16(20)22/h2*2-8,13,23-24H,9-12H2,1H3. The number of nitrogens with one attached hydrogen (secondary N) is 2. The van der Waals surface area contributed by atoms with Crippen LogP contribution in [-0.2, 0) is 51.0 Å². The first-order valence-electron chi connectivity index (χ1n) is 17.3. The number of esters is 4. The van der Waals surface area contributed by atoms with E-state index in [1.165, 1.54) is 0 Å². The number of carbonyl (C=O) groups is 4. The highest BCUT2D eigenvalue weighted by atomic mass is 35.5. The Labute approximate surface area is 344 Å². The van der Waals surface area contributed by atoms with Crippen molar-refractivity contribution in [2.75, 3.05) is 37.1 Å². The molecule has 0 amide bonds. The molecule has 0 aliphatic rings. The molecule has 0 aliphatic carbocycles. The normalized spacial score (nSPS) is 11.6. The molecule has 0 aromatic heterocycles. The lowest BCUT2D eigenvalue weighted by Crippen LogP contribution is -2.22. The van der Waals surface area contributed by atoms with Crippen molar-refractivity contribution in [1.29, 1.82) is 0 Å². The Balaban J connectivity index is 0.000000300. The van der Waals surface area contributed by atoms with Crippen molar-refractivity contribution in [1.82, 2.24) is 0 Å². The highest BCUT2D eigenvalue weighted by Crippen LogP contribution is 2.35. The largest absolute Gasteiger partial charge is 0.463 e. The van der Waals surface area contributed by atoms with Gasteiger partial charge in [0.15, 0.2) is 13.2 Å². The Kier molecular flexibility index (Phi) is 19.8. The second-order valence-electron chi connectivity index (χ2n) is 12.1. The zero-order valence-corrected chi connectivity index (χ0v) is 33.6. The van der Waals surface area contributed by atoms with Crippen LogP contribution in [0.15, 0.2) is 84.9 Å². The second-order valence-corrected chi connectivity index (χ2v) is 13.7. The number of carbonyl (C=O) groups excluding carboxylic acids is 4.